The second-order valence-electron chi connectivity index (χ2n) is 4.00. The minimum atomic E-state index is -2.74. The molecule has 94 valence electrons. The van der Waals surface area contributed by atoms with Gasteiger partial charge in [0.1, 0.15) is 5.70 Å². The zero-order valence-electron chi connectivity index (χ0n) is 10.2. The van der Waals surface area contributed by atoms with Crippen molar-refractivity contribution < 1.29 is 8.78 Å². The minimum absolute atomic E-state index is 0.0321. The van der Waals surface area contributed by atoms with Crippen LogP contribution in [-0.2, 0) is 0 Å². The van der Waals surface area contributed by atoms with Crippen molar-refractivity contribution in [3.05, 3.63) is 11.4 Å². The van der Waals surface area contributed by atoms with Crippen molar-refractivity contribution in [2.24, 2.45) is 5.92 Å². The van der Waals surface area contributed by atoms with Gasteiger partial charge in [-0.15, -0.1) is 0 Å². The van der Waals surface area contributed by atoms with Crippen LogP contribution in [0.3, 0.4) is 0 Å². The molecule has 0 bridgehead atoms. The SMILES string of the molecule is CC.CC1CCCCC2=C(NNN2)C1(F)F. The van der Waals surface area contributed by atoms with Crippen molar-refractivity contribution in [3.63, 3.8) is 0 Å². The molecule has 0 aromatic heterocycles. The van der Waals surface area contributed by atoms with E-state index in [1.165, 1.54) is 0 Å². The molecule has 2 aliphatic rings. The van der Waals surface area contributed by atoms with E-state index in [0.29, 0.717) is 18.5 Å². The van der Waals surface area contributed by atoms with Crippen LogP contribution < -0.4 is 16.4 Å². The fourth-order valence-corrected chi connectivity index (χ4v) is 1.96. The van der Waals surface area contributed by atoms with Crippen LogP contribution in [0.4, 0.5) is 8.78 Å². The van der Waals surface area contributed by atoms with Gasteiger partial charge >= 0.3 is 0 Å². The molecule has 0 saturated carbocycles. The Labute approximate surface area is 95.6 Å². The van der Waals surface area contributed by atoms with E-state index in [4.69, 9.17) is 0 Å². The van der Waals surface area contributed by atoms with Crippen molar-refractivity contribution in [1.82, 2.24) is 16.4 Å². The van der Waals surface area contributed by atoms with Gasteiger partial charge in [-0.1, -0.05) is 27.2 Å². The second kappa shape index (κ2) is 5.48. The number of hydrogen-bond acceptors (Lipinski definition) is 3. The van der Waals surface area contributed by atoms with E-state index in [2.05, 4.69) is 16.4 Å². The fraction of sp³-hybridized carbons (Fsp3) is 0.818. The maximum Gasteiger partial charge on any atom is 0.292 e. The lowest BCUT2D eigenvalue weighted by molar-refractivity contribution is -0.0257. The lowest BCUT2D eigenvalue weighted by Gasteiger charge is -2.26. The summed E-state index contributed by atoms with van der Waals surface area (Å²) in [5.41, 5.74) is 8.44. The maximum atomic E-state index is 13.8. The van der Waals surface area contributed by atoms with Gasteiger partial charge in [-0.3, -0.25) is 0 Å². The van der Waals surface area contributed by atoms with E-state index in [0.717, 1.165) is 12.8 Å². The Morgan fingerprint density at radius 2 is 1.88 bits per heavy atom. The van der Waals surface area contributed by atoms with E-state index in [9.17, 15) is 8.78 Å². The molecule has 16 heavy (non-hydrogen) atoms. The van der Waals surface area contributed by atoms with E-state index in [1.807, 2.05) is 13.8 Å². The molecule has 1 unspecified atom stereocenters. The zero-order valence-corrected chi connectivity index (χ0v) is 10.2. The molecule has 1 aliphatic heterocycles. The highest BCUT2D eigenvalue weighted by Crippen LogP contribution is 2.38. The van der Waals surface area contributed by atoms with Crippen LogP contribution in [0.2, 0.25) is 0 Å². The molecule has 0 aromatic rings. The van der Waals surface area contributed by atoms with Gasteiger partial charge in [0.15, 0.2) is 0 Å². The Hall–Kier alpha value is -0.840. The lowest BCUT2D eigenvalue weighted by atomic mass is 9.90. The quantitative estimate of drug-likeness (QED) is 0.602. The fourth-order valence-electron chi connectivity index (χ4n) is 1.96. The van der Waals surface area contributed by atoms with Crippen LogP contribution >= 0.6 is 0 Å². The molecule has 3 N–H and O–H groups in total. The van der Waals surface area contributed by atoms with E-state index >= 15 is 0 Å². The van der Waals surface area contributed by atoms with Crippen LogP contribution in [0, 0.1) is 5.92 Å². The third-order valence-corrected chi connectivity index (χ3v) is 2.97. The third-order valence-electron chi connectivity index (χ3n) is 2.97. The van der Waals surface area contributed by atoms with Crippen LogP contribution in [-0.4, -0.2) is 5.92 Å². The highest BCUT2D eigenvalue weighted by Gasteiger charge is 2.44. The summed E-state index contributed by atoms with van der Waals surface area (Å²) in [6, 6.07) is 0. The largest absolute Gasteiger partial charge is 0.306 e. The van der Waals surface area contributed by atoms with Crippen LogP contribution in [0.1, 0.15) is 46.5 Å². The molecule has 5 heteroatoms. The van der Waals surface area contributed by atoms with Gasteiger partial charge < -0.3 is 10.9 Å². The number of alkyl halides is 2. The molecule has 0 amide bonds. The Morgan fingerprint density at radius 3 is 2.56 bits per heavy atom. The van der Waals surface area contributed by atoms with Crippen molar-refractivity contribution >= 4 is 0 Å². The molecule has 1 aliphatic carbocycles. The minimum Gasteiger partial charge on any atom is -0.306 e. The highest BCUT2D eigenvalue weighted by atomic mass is 19.3. The summed E-state index contributed by atoms with van der Waals surface area (Å²) >= 11 is 0. The molecule has 1 heterocycles. The summed E-state index contributed by atoms with van der Waals surface area (Å²) < 4.78 is 27.6. The summed E-state index contributed by atoms with van der Waals surface area (Å²) in [5.74, 6) is -3.34. The van der Waals surface area contributed by atoms with E-state index < -0.39 is 11.8 Å². The molecule has 2 rings (SSSR count). The molecular formula is C11H21F2N3. The number of hydrogen-bond donors (Lipinski definition) is 3. The van der Waals surface area contributed by atoms with Crippen molar-refractivity contribution in [1.29, 1.82) is 0 Å². The summed E-state index contributed by atoms with van der Waals surface area (Å²) in [6.45, 7) is 5.61. The predicted octanol–water partition coefficient (Wildman–Crippen LogP) is 2.68. The third kappa shape index (κ3) is 2.45. The summed E-state index contributed by atoms with van der Waals surface area (Å²) in [4.78, 5) is 0. The molecule has 3 nitrogen and oxygen atoms in total. The standard InChI is InChI=1S/C9H15F2N3.C2H6/c1-6-4-2-3-5-7-8(9(6,10)11)13-14-12-7;1-2/h6,12-14H,2-5H2,1H3;1-2H3. The van der Waals surface area contributed by atoms with Gasteiger partial charge in [-0.2, -0.15) is 14.3 Å². The van der Waals surface area contributed by atoms with Gasteiger partial charge in [0.05, 0.1) is 5.70 Å². The van der Waals surface area contributed by atoms with Crippen LogP contribution in [0.5, 0.6) is 0 Å². The van der Waals surface area contributed by atoms with Crippen molar-refractivity contribution in [2.45, 2.75) is 52.4 Å². The topological polar surface area (TPSA) is 36.1 Å². The van der Waals surface area contributed by atoms with Crippen molar-refractivity contribution in [3.8, 4) is 0 Å². The smallest absolute Gasteiger partial charge is 0.292 e. The zero-order chi connectivity index (χ0) is 12.2. The number of nitrogens with one attached hydrogen (secondary N) is 3. The summed E-state index contributed by atoms with van der Waals surface area (Å²) in [5, 5.41) is 0. The Morgan fingerprint density at radius 1 is 1.19 bits per heavy atom. The molecule has 0 radical (unpaired) electrons. The van der Waals surface area contributed by atoms with Gasteiger partial charge in [0.25, 0.3) is 5.92 Å². The lowest BCUT2D eigenvalue weighted by Crippen LogP contribution is -2.39. The van der Waals surface area contributed by atoms with Crippen LogP contribution in [0.25, 0.3) is 0 Å². The number of halogens is 2. The number of rotatable bonds is 0. The number of hydrazine groups is 2. The average molecular weight is 233 g/mol. The molecule has 0 saturated heterocycles. The van der Waals surface area contributed by atoms with Gasteiger partial charge in [-0.05, 0) is 19.3 Å². The molecule has 0 aromatic carbocycles. The monoisotopic (exact) mass is 233 g/mol. The normalized spacial score (nSPS) is 27.7. The van der Waals surface area contributed by atoms with Gasteiger partial charge in [-0.25, -0.2) is 0 Å². The van der Waals surface area contributed by atoms with E-state index in [1.54, 1.807) is 6.92 Å². The Bertz CT molecular complexity index is 264. The first-order chi connectivity index (χ1) is 7.62. The van der Waals surface area contributed by atoms with Gasteiger partial charge in [0, 0.05) is 5.92 Å². The molecule has 1 atom stereocenters. The van der Waals surface area contributed by atoms with E-state index in [-0.39, 0.29) is 5.70 Å². The first-order valence-corrected chi connectivity index (χ1v) is 6.01. The van der Waals surface area contributed by atoms with Crippen molar-refractivity contribution in [2.75, 3.05) is 0 Å². The first kappa shape index (κ1) is 13.2. The highest BCUT2D eigenvalue weighted by molar-refractivity contribution is 5.22. The predicted molar refractivity (Wildman–Crippen MR) is 60.4 cm³/mol. The number of allylic oxidation sites excluding steroid dienone is 2. The van der Waals surface area contributed by atoms with Crippen LogP contribution in [0.15, 0.2) is 11.4 Å². The molecule has 0 spiro atoms. The molecule has 0 fully saturated rings. The maximum absolute atomic E-state index is 13.8. The second-order valence-corrected chi connectivity index (χ2v) is 4.00. The van der Waals surface area contributed by atoms with Gasteiger partial charge in [0.2, 0.25) is 0 Å². The molecular weight excluding hydrogens is 212 g/mol. The Kier molecular flexibility index (Phi) is 4.53. The first-order valence-electron chi connectivity index (χ1n) is 6.01. The summed E-state index contributed by atoms with van der Waals surface area (Å²) in [7, 11) is 0. The average Bonchev–Trinajstić information content (AvgIpc) is 2.74. The Balaban J connectivity index is 0.000000606. The summed E-state index contributed by atoms with van der Waals surface area (Å²) in [6.07, 6.45) is 3.12.